The van der Waals surface area contributed by atoms with Crippen molar-refractivity contribution in [1.29, 1.82) is 0 Å². The number of carbonyl (C=O) groups excluding carboxylic acids is 1. The van der Waals surface area contributed by atoms with E-state index >= 15 is 0 Å². The molecule has 0 aromatic heterocycles. The van der Waals surface area contributed by atoms with Gasteiger partial charge >= 0.3 is 0 Å². The van der Waals surface area contributed by atoms with Gasteiger partial charge in [0.15, 0.2) is 0 Å². The van der Waals surface area contributed by atoms with Gasteiger partial charge in [-0.05, 0) is 0 Å². The predicted molar refractivity (Wildman–Crippen MR) is 49.2 cm³/mol. The number of aliphatic hydroxyl groups excluding tert-OH is 4. The van der Waals surface area contributed by atoms with E-state index in [-0.39, 0.29) is 6.42 Å². The van der Waals surface area contributed by atoms with Crippen molar-refractivity contribution in [3.05, 3.63) is 0 Å². The van der Waals surface area contributed by atoms with E-state index in [9.17, 15) is 25.2 Å². The number of ether oxygens (including phenoxy) is 1. The topological polar surface area (TPSA) is 151 Å². The SMILES string of the molecule is O=C([O-])C1(O)CC(O)CC(C(O)C(O)CO)O1. The van der Waals surface area contributed by atoms with E-state index in [1.807, 2.05) is 0 Å². The number of carboxylic acids is 1. The zero-order valence-electron chi connectivity index (χ0n) is 8.89. The van der Waals surface area contributed by atoms with Crippen molar-refractivity contribution >= 4 is 5.97 Å². The maximum absolute atomic E-state index is 10.6. The number of carboxylic acid groups (broad SMARTS) is 1. The summed E-state index contributed by atoms with van der Waals surface area (Å²) in [4.78, 5) is 10.6. The highest BCUT2D eigenvalue weighted by atomic mass is 16.7. The van der Waals surface area contributed by atoms with E-state index < -0.39 is 49.2 Å². The fourth-order valence-corrected chi connectivity index (χ4v) is 1.71. The summed E-state index contributed by atoms with van der Waals surface area (Å²) in [5, 5.41) is 56.8. The van der Waals surface area contributed by atoms with Crippen LogP contribution in [0.5, 0.6) is 0 Å². The van der Waals surface area contributed by atoms with Crippen LogP contribution in [-0.2, 0) is 9.53 Å². The van der Waals surface area contributed by atoms with E-state index in [0.29, 0.717) is 0 Å². The van der Waals surface area contributed by atoms with Gasteiger partial charge in [0.2, 0.25) is 5.79 Å². The lowest BCUT2D eigenvalue weighted by atomic mass is 9.93. The van der Waals surface area contributed by atoms with Crippen molar-refractivity contribution < 1.29 is 40.2 Å². The molecular formula is C9H15O8-. The number of hydrogen-bond donors (Lipinski definition) is 5. The Hall–Kier alpha value is -0.770. The Morgan fingerprint density at radius 1 is 1.53 bits per heavy atom. The summed E-state index contributed by atoms with van der Waals surface area (Å²) in [7, 11) is 0. The fraction of sp³-hybridized carbons (Fsp3) is 0.889. The van der Waals surface area contributed by atoms with Crippen molar-refractivity contribution in [3.63, 3.8) is 0 Å². The summed E-state index contributed by atoms with van der Waals surface area (Å²) >= 11 is 0. The molecule has 0 radical (unpaired) electrons. The lowest BCUT2D eigenvalue weighted by Crippen LogP contribution is -2.60. The zero-order valence-corrected chi connectivity index (χ0v) is 8.89. The molecule has 1 heterocycles. The molecule has 5 atom stereocenters. The van der Waals surface area contributed by atoms with Gasteiger partial charge in [-0.1, -0.05) is 0 Å². The van der Waals surface area contributed by atoms with Crippen molar-refractivity contribution in [1.82, 2.24) is 0 Å². The number of rotatable bonds is 4. The van der Waals surface area contributed by atoms with Crippen LogP contribution in [0.15, 0.2) is 0 Å². The molecular weight excluding hydrogens is 236 g/mol. The van der Waals surface area contributed by atoms with Gasteiger partial charge in [-0.25, -0.2) is 0 Å². The molecule has 8 heteroatoms. The maximum Gasteiger partial charge on any atom is 0.209 e. The Balaban J connectivity index is 2.78. The summed E-state index contributed by atoms with van der Waals surface area (Å²) < 4.78 is 4.70. The smallest absolute Gasteiger partial charge is 0.209 e. The minimum atomic E-state index is -2.71. The second kappa shape index (κ2) is 5.25. The quantitative estimate of drug-likeness (QED) is 0.336. The molecule has 0 aliphatic carbocycles. The number of aliphatic hydroxyl groups is 5. The molecule has 5 N–H and O–H groups in total. The van der Waals surface area contributed by atoms with Crippen molar-refractivity contribution in [2.75, 3.05) is 6.61 Å². The van der Waals surface area contributed by atoms with Gasteiger partial charge in [0, 0.05) is 12.8 Å². The first kappa shape index (κ1) is 14.3. The van der Waals surface area contributed by atoms with Crippen molar-refractivity contribution in [2.24, 2.45) is 0 Å². The minimum Gasteiger partial charge on any atom is -0.544 e. The molecule has 8 nitrogen and oxygen atoms in total. The third-order valence-corrected chi connectivity index (χ3v) is 2.64. The molecule has 1 aliphatic heterocycles. The number of hydrogen-bond acceptors (Lipinski definition) is 8. The first-order chi connectivity index (χ1) is 7.80. The molecule has 1 saturated heterocycles. The Morgan fingerprint density at radius 2 is 2.12 bits per heavy atom. The first-order valence-electron chi connectivity index (χ1n) is 5.07. The van der Waals surface area contributed by atoms with E-state index in [1.165, 1.54) is 0 Å². The number of aliphatic carboxylic acids is 1. The molecule has 0 spiro atoms. The predicted octanol–water partition coefficient (Wildman–Crippen LogP) is -4.32. The lowest BCUT2D eigenvalue weighted by Gasteiger charge is -2.42. The normalized spacial score (nSPS) is 37.5. The molecule has 0 bridgehead atoms. The van der Waals surface area contributed by atoms with Crippen LogP contribution in [0.1, 0.15) is 12.8 Å². The molecule has 100 valence electrons. The third kappa shape index (κ3) is 3.12. The summed E-state index contributed by atoms with van der Waals surface area (Å²) in [5.41, 5.74) is 0. The summed E-state index contributed by atoms with van der Waals surface area (Å²) in [6.07, 6.45) is -6.49. The second-order valence-corrected chi connectivity index (χ2v) is 4.06. The highest BCUT2D eigenvalue weighted by Crippen LogP contribution is 2.29. The Morgan fingerprint density at radius 3 is 2.59 bits per heavy atom. The Labute approximate surface area is 96.7 Å². The highest BCUT2D eigenvalue weighted by molar-refractivity contribution is 5.73. The van der Waals surface area contributed by atoms with Crippen LogP contribution >= 0.6 is 0 Å². The van der Waals surface area contributed by atoms with Crippen LogP contribution in [-0.4, -0.2) is 68.3 Å². The molecule has 0 saturated carbocycles. The van der Waals surface area contributed by atoms with Crippen molar-refractivity contribution in [2.45, 2.75) is 43.0 Å². The third-order valence-electron chi connectivity index (χ3n) is 2.64. The lowest BCUT2D eigenvalue weighted by molar-refractivity contribution is -0.371. The van der Waals surface area contributed by atoms with Crippen LogP contribution in [0, 0.1) is 0 Å². The number of carbonyl (C=O) groups is 1. The highest BCUT2D eigenvalue weighted by Gasteiger charge is 2.44. The van der Waals surface area contributed by atoms with Crippen LogP contribution in [0.2, 0.25) is 0 Å². The van der Waals surface area contributed by atoms with E-state index in [0.717, 1.165) is 0 Å². The minimum absolute atomic E-state index is 0.173. The van der Waals surface area contributed by atoms with Gasteiger partial charge in [-0.3, -0.25) is 0 Å². The summed E-state index contributed by atoms with van der Waals surface area (Å²) in [6, 6.07) is 0. The summed E-state index contributed by atoms with van der Waals surface area (Å²) in [6.45, 7) is -0.763. The molecule has 1 fully saturated rings. The largest absolute Gasteiger partial charge is 0.544 e. The molecule has 1 aliphatic rings. The average molecular weight is 251 g/mol. The van der Waals surface area contributed by atoms with E-state index in [2.05, 4.69) is 0 Å². The molecule has 0 amide bonds. The van der Waals surface area contributed by atoms with Crippen LogP contribution in [0.4, 0.5) is 0 Å². The monoisotopic (exact) mass is 251 g/mol. The van der Waals surface area contributed by atoms with E-state index in [1.54, 1.807) is 0 Å². The van der Waals surface area contributed by atoms with Gasteiger partial charge in [0.05, 0.1) is 18.8 Å². The van der Waals surface area contributed by atoms with Gasteiger partial charge in [0.25, 0.3) is 0 Å². The average Bonchev–Trinajstić information content (AvgIpc) is 2.25. The van der Waals surface area contributed by atoms with Gasteiger partial charge in [-0.2, -0.15) is 0 Å². The van der Waals surface area contributed by atoms with Crippen LogP contribution in [0.3, 0.4) is 0 Å². The standard InChI is InChI=1S/C9H16O8/c10-3-5(12)7(13)6-1-4(11)2-9(16,17-6)8(14)15/h4-7,10-13,16H,1-3H2,(H,14,15)/p-1. The van der Waals surface area contributed by atoms with Crippen LogP contribution in [0.25, 0.3) is 0 Å². The van der Waals surface area contributed by atoms with Gasteiger partial charge in [-0.15, -0.1) is 0 Å². The molecule has 17 heavy (non-hydrogen) atoms. The Kier molecular flexibility index (Phi) is 4.42. The molecule has 0 aromatic rings. The van der Waals surface area contributed by atoms with Crippen molar-refractivity contribution in [3.8, 4) is 0 Å². The van der Waals surface area contributed by atoms with Gasteiger partial charge < -0.3 is 40.2 Å². The second-order valence-electron chi connectivity index (χ2n) is 4.06. The summed E-state index contributed by atoms with van der Waals surface area (Å²) in [5.74, 6) is -4.65. The van der Waals surface area contributed by atoms with Gasteiger partial charge in [0.1, 0.15) is 18.2 Å². The fourth-order valence-electron chi connectivity index (χ4n) is 1.71. The molecule has 5 unspecified atom stereocenters. The van der Waals surface area contributed by atoms with Crippen LogP contribution < -0.4 is 5.11 Å². The zero-order chi connectivity index (χ0) is 13.2. The maximum atomic E-state index is 10.6. The van der Waals surface area contributed by atoms with E-state index in [4.69, 9.17) is 14.9 Å². The Bertz CT molecular complexity index is 282. The molecule has 1 rings (SSSR count). The molecule has 0 aromatic carbocycles. The first-order valence-corrected chi connectivity index (χ1v) is 5.07.